The molecular weight excluding hydrogens is 400 g/mol. The van der Waals surface area contributed by atoms with Crippen molar-refractivity contribution in [3.63, 3.8) is 0 Å². The van der Waals surface area contributed by atoms with Crippen LogP contribution in [0.25, 0.3) is 0 Å². The Kier molecular flexibility index (Phi) is 6.58. The van der Waals surface area contributed by atoms with E-state index in [9.17, 15) is 13.2 Å². The van der Waals surface area contributed by atoms with Crippen LogP contribution in [-0.2, 0) is 14.8 Å². The minimum atomic E-state index is -3.47. The van der Waals surface area contributed by atoms with Crippen LogP contribution in [-0.4, -0.2) is 63.4 Å². The summed E-state index contributed by atoms with van der Waals surface area (Å²) in [6, 6.07) is 10.7. The molecule has 0 saturated carbocycles. The SMILES string of the molecule is CN(C[C@H]1COc2ccccc2O1)C(=O)CCCN(C)S(=O)(=O)c1cccs1. The molecule has 2 aromatic rings. The summed E-state index contributed by atoms with van der Waals surface area (Å²) in [5, 5.41) is 1.73. The first kappa shape index (κ1) is 20.6. The van der Waals surface area contributed by atoms with Crippen LogP contribution < -0.4 is 9.47 Å². The predicted octanol–water partition coefficient (Wildman–Crippen LogP) is 2.45. The van der Waals surface area contributed by atoms with E-state index in [0.717, 1.165) is 0 Å². The minimum Gasteiger partial charge on any atom is -0.486 e. The Bertz CT molecular complexity index is 899. The van der Waals surface area contributed by atoms with Gasteiger partial charge >= 0.3 is 0 Å². The summed E-state index contributed by atoms with van der Waals surface area (Å²) in [5.41, 5.74) is 0. The van der Waals surface area contributed by atoms with Gasteiger partial charge in [0.25, 0.3) is 10.0 Å². The van der Waals surface area contributed by atoms with Crippen molar-refractivity contribution in [3.8, 4) is 11.5 Å². The number of fused-ring (bicyclic) bond motifs is 1. The molecule has 0 N–H and O–H groups in total. The highest BCUT2D eigenvalue weighted by Crippen LogP contribution is 2.31. The van der Waals surface area contributed by atoms with Crippen LogP contribution in [0, 0.1) is 0 Å². The van der Waals surface area contributed by atoms with Gasteiger partial charge in [-0.3, -0.25) is 4.79 Å². The standard InChI is InChI=1S/C19H24N2O5S2/c1-20(13-15-14-25-16-7-3-4-8-17(16)26-15)18(22)9-5-11-21(2)28(23,24)19-10-6-12-27-19/h3-4,6-8,10,12,15H,5,9,11,13-14H2,1-2H3/t15-/m0/s1. The van der Waals surface area contributed by atoms with Crippen molar-refractivity contribution in [2.45, 2.75) is 23.2 Å². The van der Waals surface area contributed by atoms with Crippen LogP contribution in [0.2, 0.25) is 0 Å². The third-order valence-corrected chi connectivity index (χ3v) is 7.72. The van der Waals surface area contributed by atoms with Gasteiger partial charge in [-0.2, -0.15) is 0 Å². The molecular formula is C19H24N2O5S2. The summed E-state index contributed by atoms with van der Waals surface area (Å²) in [6.07, 6.45) is 0.492. The molecule has 1 amide bonds. The van der Waals surface area contributed by atoms with E-state index >= 15 is 0 Å². The van der Waals surface area contributed by atoms with E-state index in [4.69, 9.17) is 9.47 Å². The van der Waals surface area contributed by atoms with Gasteiger partial charge in [-0.15, -0.1) is 11.3 Å². The van der Waals surface area contributed by atoms with Gasteiger partial charge in [-0.05, 0) is 30.0 Å². The lowest BCUT2D eigenvalue weighted by Crippen LogP contribution is -2.42. The lowest BCUT2D eigenvalue weighted by molar-refractivity contribution is -0.131. The zero-order valence-corrected chi connectivity index (χ0v) is 17.5. The van der Waals surface area contributed by atoms with Crippen molar-refractivity contribution in [1.82, 2.24) is 9.21 Å². The Morgan fingerprint density at radius 2 is 1.93 bits per heavy atom. The first-order chi connectivity index (χ1) is 13.4. The highest BCUT2D eigenvalue weighted by atomic mass is 32.2. The van der Waals surface area contributed by atoms with E-state index in [1.807, 2.05) is 24.3 Å². The van der Waals surface area contributed by atoms with Crippen molar-refractivity contribution >= 4 is 27.3 Å². The van der Waals surface area contributed by atoms with Gasteiger partial charge in [-0.25, -0.2) is 12.7 Å². The number of carbonyl (C=O) groups is 1. The molecule has 0 unspecified atom stereocenters. The number of sulfonamides is 1. The molecule has 0 saturated heterocycles. The van der Waals surface area contributed by atoms with Gasteiger partial charge < -0.3 is 14.4 Å². The van der Waals surface area contributed by atoms with Gasteiger partial charge in [0, 0.05) is 27.1 Å². The van der Waals surface area contributed by atoms with Gasteiger partial charge in [0.15, 0.2) is 17.6 Å². The number of thiophene rings is 1. The van der Waals surface area contributed by atoms with Crippen molar-refractivity contribution in [3.05, 3.63) is 41.8 Å². The van der Waals surface area contributed by atoms with Crippen molar-refractivity contribution < 1.29 is 22.7 Å². The molecule has 1 aliphatic heterocycles. The normalized spacial score (nSPS) is 16.2. The number of ether oxygens (including phenoxy) is 2. The fraction of sp³-hybridized carbons (Fsp3) is 0.421. The average molecular weight is 425 g/mol. The Labute approximate surface area is 169 Å². The number of likely N-dealkylation sites (N-methyl/N-ethyl adjacent to an activating group) is 1. The maximum Gasteiger partial charge on any atom is 0.252 e. The van der Waals surface area contributed by atoms with Crippen LogP contribution in [0.4, 0.5) is 0 Å². The second kappa shape index (κ2) is 8.93. The zero-order valence-electron chi connectivity index (χ0n) is 15.9. The van der Waals surface area contributed by atoms with E-state index in [-0.39, 0.29) is 25.0 Å². The van der Waals surface area contributed by atoms with E-state index in [0.29, 0.717) is 35.3 Å². The smallest absolute Gasteiger partial charge is 0.252 e. The lowest BCUT2D eigenvalue weighted by Gasteiger charge is -2.29. The first-order valence-corrected chi connectivity index (χ1v) is 11.3. The highest BCUT2D eigenvalue weighted by molar-refractivity contribution is 7.91. The Morgan fingerprint density at radius 1 is 1.18 bits per heavy atom. The molecule has 9 heteroatoms. The molecule has 3 rings (SSSR count). The Morgan fingerprint density at radius 3 is 2.64 bits per heavy atom. The molecule has 0 aliphatic carbocycles. The van der Waals surface area contributed by atoms with Crippen molar-refractivity contribution in [2.75, 3.05) is 33.8 Å². The second-order valence-electron chi connectivity index (χ2n) is 6.63. The predicted molar refractivity (Wildman–Crippen MR) is 107 cm³/mol. The summed E-state index contributed by atoms with van der Waals surface area (Å²) in [5.74, 6) is 1.34. The second-order valence-corrected chi connectivity index (χ2v) is 9.85. The fourth-order valence-corrected chi connectivity index (χ4v) is 5.30. The van der Waals surface area contributed by atoms with Gasteiger partial charge in [0.2, 0.25) is 5.91 Å². The van der Waals surface area contributed by atoms with Crippen LogP contribution in [0.15, 0.2) is 46.0 Å². The minimum absolute atomic E-state index is 0.0515. The molecule has 28 heavy (non-hydrogen) atoms. The summed E-state index contributed by atoms with van der Waals surface area (Å²) >= 11 is 1.19. The van der Waals surface area contributed by atoms with Crippen molar-refractivity contribution in [1.29, 1.82) is 0 Å². The van der Waals surface area contributed by atoms with E-state index in [1.165, 1.54) is 22.7 Å². The molecule has 0 bridgehead atoms. The van der Waals surface area contributed by atoms with E-state index in [2.05, 4.69) is 0 Å². The molecule has 1 aromatic carbocycles. The topological polar surface area (TPSA) is 76.2 Å². The summed E-state index contributed by atoms with van der Waals surface area (Å²) in [7, 11) is -0.218. The van der Waals surface area contributed by atoms with Crippen LogP contribution in [0.1, 0.15) is 12.8 Å². The first-order valence-electron chi connectivity index (χ1n) is 9.00. The molecule has 1 aliphatic rings. The maximum absolute atomic E-state index is 12.4. The van der Waals surface area contributed by atoms with E-state index in [1.54, 1.807) is 29.5 Å². The molecule has 7 nitrogen and oxygen atoms in total. The maximum atomic E-state index is 12.4. The number of hydrogen-bond acceptors (Lipinski definition) is 6. The molecule has 0 fully saturated rings. The van der Waals surface area contributed by atoms with Crippen LogP contribution in [0.3, 0.4) is 0 Å². The Hall–Kier alpha value is -2.10. The third kappa shape index (κ3) is 4.84. The monoisotopic (exact) mass is 424 g/mol. The third-order valence-electron chi connectivity index (χ3n) is 4.49. The average Bonchev–Trinajstić information content (AvgIpc) is 3.23. The molecule has 1 atom stereocenters. The number of amides is 1. The fourth-order valence-electron chi connectivity index (χ4n) is 2.89. The molecule has 2 heterocycles. The number of hydrogen-bond donors (Lipinski definition) is 0. The van der Waals surface area contributed by atoms with Gasteiger partial charge in [0.1, 0.15) is 10.8 Å². The van der Waals surface area contributed by atoms with Crippen molar-refractivity contribution in [2.24, 2.45) is 0 Å². The summed E-state index contributed by atoms with van der Waals surface area (Å²) < 4.78 is 37.9. The van der Waals surface area contributed by atoms with Gasteiger partial charge in [-0.1, -0.05) is 18.2 Å². The molecule has 152 valence electrons. The zero-order chi connectivity index (χ0) is 20.1. The molecule has 0 radical (unpaired) electrons. The largest absolute Gasteiger partial charge is 0.486 e. The van der Waals surface area contributed by atoms with Gasteiger partial charge in [0.05, 0.1) is 6.54 Å². The Balaban J connectivity index is 1.44. The highest BCUT2D eigenvalue weighted by Gasteiger charge is 2.24. The van der Waals surface area contributed by atoms with E-state index < -0.39 is 10.0 Å². The number of carbonyl (C=O) groups excluding carboxylic acids is 1. The van der Waals surface area contributed by atoms with Crippen LogP contribution >= 0.6 is 11.3 Å². The summed E-state index contributed by atoms with van der Waals surface area (Å²) in [4.78, 5) is 14.0. The number of para-hydroxylation sites is 2. The van der Waals surface area contributed by atoms with Crippen LogP contribution in [0.5, 0.6) is 11.5 Å². The number of rotatable bonds is 8. The number of nitrogens with zero attached hydrogens (tertiary/aromatic N) is 2. The summed E-state index contributed by atoms with van der Waals surface area (Å²) in [6.45, 7) is 1.09. The molecule has 1 aromatic heterocycles. The number of benzene rings is 1. The lowest BCUT2D eigenvalue weighted by atomic mass is 10.2. The molecule has 0 spiro atoms. The quantitative estimate of drug-likeness (QED) is 0.651.